The first-order valence-corrected chi connectivity index (χ1v) is 9.24. The average Bonchev–Trinajstić information content (AvgIpc) is 2.65. The van der Waals surface area contributed by atoms with Gasteiger partial charge in [0.1, 0.15) is 5.75 Å². The van der Waals surface area contributed by atoms with Crippen LogP contribution in [-0.4, -0.2) is 30.7 Å². The molecule has 28 heavy (non-hydrogen) atoms. The zero-order valence-electron chi connectivity index (χ0n) is 16.4. The molecule has 2 aromatic rings. The Morgan fingerprint density at radius 1 is 1.14 bits per heavy atom. The maximum atomic E-state index is 12.1. The molecule has 0 unspecified atom stereocenters. The van der Waals surface area contributed by atoms with Crippen molar-refractivity contribution >= 4 is 34.9 Å². The third kappa shape index (κ3) is 5.79. The number of anilines is 1. The molecule has 0 heterocycles. The van der Waals surface area contributed by atoms with Gasteiger partial charge in [0.05, 0.1) is 18.4 Å². The summed E-state index contributed by atoms with van der Waals surface area (Å²) in [6.45, 7) is 6.09. The number of nitrogens with one attached hydrogen (secondary N) is 2. The number of aryl methyl sites for hydroxylation is 1. The summed E-state index contributed by atoms with van der Waals surface area (Å²) < 4.78 is 10.3. The Kier molecular flexibility index (Phi) is 7.52. The van der Waals surface area contributed by atoms with E-state index in [2.05, 4.69) is 24.5 Å². The van der Waals surface area contributed by atoms with Crippen LogP contribution in [0.15, 0.2) is 42.5 Å². The Bertz CT molecular complexity index is 880. The minimum absolute atomic E-state index is 0.0660. The summed E-state index contributed by atoms with van der Waals surface area (Å²) in [7, 11) is 1.30. The fourth-order valence-electron chi connectivity index (χ4n) is 2.73. The molecule has 0 aliphatic carbocycles. The highest BCUT2D eigenvalue weighted by molar-refractivity contribution is 7.80. The number of amides is 1. The third-order valence-corrected chi connectivity index (χ3v) is 4.27. The maximum Gasteiger partial charge on any atom is 0.339 e. The first kappa shape index (κ1) is 21.4. The number of esters is 1. The van der Waals surface area contributed by atoms with E-state index in [1.165, 1.54) is 12.7 Å². The topological polar surface area (TPSA) is 76.7 Å². The Hall–Kier alpha value is -2.93. The van der Waals surface area contributed by atoms with Gasteiger partial charge in [-0.25, -0.2) is 4.79 Å². The summed E-state index contributed by atoms with van der Waals surface area (Å²) in [4.78, 5) is 23.9. The molecule has 0 bridgehead atoms. The number of ether oxygens (including phenoxy) is 2. The second kappa shape index (κ2) is 9.85. The van der Waals surface area contributed by atoms with E-state index in [9.17, 15) is 9.59 Å². The largest absolute Gasteiger partial charge is 0.484 e. The molecule has 0 saturated heterocycles. The molecule has 0 aliphatic heterocycles. The van der Waals surface area contributed by atoms with Crippen molar-refractivity contribution in [2.75, 3.05) is 19.0 Å². The number of carbonyl (C=O) groups excluding carboxylic acids is 2. The van der Waals surface area contributed by atoms with Gasteiger partial charge in [-0.2, -0.15) is 0 Å². The van der Waals surface area contributed by atoms with E-state index >= 15 is 0 Å². The molecule has 7 heteroatoms. The second-order valence-corrected chi connectivity index (χ2v) is 6.91. The predicted molar refractivity (Wildman–Crippen MR) is 113 cm³/mol. The first-order valence-electron chi connectivity index (χ1n) is 8.83. The van der Waals surface area contributed by atoms with Crippen LogP contribution in [0, 0.1) is 6.92 Å². The maximum absolute atomic E-state index is 12.1. The number of thiocarbonyl (C=S) groups is 1. The van der Waals surface area contributed by atoms with Crippen LogP contribution in [-0.2, 0) is 9.53 Å². The summed E-state index contributed by atoms with van der Waals surface area (Å²) in [5.41, 5.74) is 3.12. The van der Waals surface area contributed by atoms with Gasteiger partial charge >= 0.3 is 5.97 Å². The quantitative estimate of drug-likeness (QED) is 0.567. The van der Waals surface area contributed by atoms with Crippen molar-refractivity contribution in [1.29, 1.82) is 0 Å². The number of methoxy groups -OCH3 is 1. The van der Waals surface area contributed by atoms with Crippen molar-refractivity contribution in [3.8, 4) is 5.75 Å². The minimum Gasteiger partial charge on any atom is -0.484 e. The predicted octanol–water partition coefficient (Wildman–Crippen LogP) is 3.80. The standard InChI is InChI=1S/C21H24N2O4S/c1-13(2)16-10-9-15(11-14(16)3)27-12-19(24)23-21(28)22-18-8-6-5-7-17(18)20(25)26-4/h5-11,13H,12H2,1-4H3,(H2,22,23,24,28). The Morgan fingerprint density at radius 3 is 2.50 bits per heavy atom. The van der Waals surface area contributed by atoms with E-state index in [1.807, 2.05) is 25.1 Å². The van der Waals surface area contributed by atoms with E-state index in [-0.39, 0.29) is 11.7 Å². The van der Waals surface area contributed by atoms with Crippen molar-refractivity contribution in [3.05, 3.63) is 59.2 Å². The molecule has 1 amide bonds. The van der Waals surface area contributed by atoms with Gasteiger partial charge in [0.2, 0.25) is 0 Å². The van der Waals surface area contributed by atoms with Gasteiger partial charge in [-0.1, -0.05) is 32.0 Å². The monoisotopic (exact) mass is 400 g/mol. The van der Waals surface area contributed by atoms with Crippen LogP contribution in [0.1, 0.15) is 41.3 Å². The number of rotatable bonds is 6. The lowest BCUT2D eigenvalue weighted by Gasteiger charge is -2.14. The van der Waals surface area contributed by atoms with Crippen molar-refractivity contribution in [2.45, 2.75) is 26.7 Å². The van der Waals surface area contributed by atoms with E-state index in [0.717, 1.165) is 5.56 Å². The number of carbonyl (C=O) groups is 2. The molecule has 0 saturated carbocycles. The number of hydrogen-bond acceptors (Lipinski definition) is 5. The van der Waals surface area contributed by atoms with Gasteiger partial charge in [-0.3, -0.25) is 10.1 Å². The van der Waals surface area contributed by atoms with Crippen molar-refractivity contribution in [1.82, 2.24) is 5.32 Å². The van der Waals surface area contributed by atoms with Crippen LogP contribution >= 0.6 is 12.2 Å². The third-order valence-electron chi connectivity index (χ3n) is 4.07. The second-order valence-electron chi connectivity index (χ2n) is 6.50. The highest BCUT2D eigenvalue weighted by atomic mass is 32.1. The highest BCUT2D eigenvalue weighted by Gasteiger charge is 2.13. The summed E-state index contributed by atoms with van der Waals surface area (Å²) in [5, 5.41) is 5.42. The normalized spacial score (nSPS) is 10.3. The van der Waals surface area contributed by atoms with Gasteiger partial charge < -0.3 is 14.8 Å². The van der Waals surface area contributed by atoms with Crippen LogP contribution in [0.25, 0.3) is 0 Å². The van der Waals surface area contributed by atoms with E-state index in [0.29, 0.717) is 22.9 Å². The molecular formula is C21H24N2O4S. The van der Waals surface area contributed by atoms with E-state index in [4.69, 9.17) is 21.7 Å². The molecule has 0 aliphatic rings. The van der Waals surface area contributed by atoms with Crippen molar-refractivity contribution in [2.24, 2.45) is 0 Å². The van der Waals surface area contributed by atoms with E-state index < -0.39 is 11.9 Å². The lowest BCUT2D eigenvalue weighted by molar-refractivity contribution is -0.121. The van der Waals surface area contributed by atoms with Crippen LogP contribution in [0.5, 0.6) is 5.75 Å². The van der Waals surface area contributed by atoms with Gasteiger partial charge in [0.15, 0.2) is 11.7 Å². The van der Waals surface area contributed by atoms with Crippen LogP contribution in [0.2, 0.25) is 0 Å². The lowest BCUT2D eigenvalue weighted by Crippen LogP contribution is -2.37. The Morgan fingerprint density at radius 2 is 1.86 bits per heavy atom. The zero-order chi connectivity index (χ0) is 20.7. The summed E-state index contributed by atoms with van der Waals surface area (Å²) in [5.74, 6) is 0.139. The van der Waals surface area contributed by atoms with Crippen LogP contribution in [0.4, 0.5) is 5.69 Å². The molecule has 2 rings (SSSR count). The Balaban J connectivity index is 1.91. The molecule has 0 aromatic heterocycles. The molecule has 2 N–H and O–H groups in total. The van der Waals surface area contributed by atoms with Crippen LogP contribution in [0.3, 0.4) is 0 Å². The van der Waals surface area contributed by atoms with E-state index in [1.54, 1.807) is 24.3 Å². The summed E-state index contributed by atoms with van der Waals surface area (Å²) in [6, 6.07) is 12.5. The minimum atomic E-state index is -0.499. The van der Waals surface area contributed by atoms with Crippen molar-refractivity contribution < 1.29 is 19.1 Å². The van der Waals surface area contributed by atoms with Gasteiger partial charge in [-0.05, 0) is 60.5 Å². The van der Waals surface area contributed by atoms with Crippen LogP contribution < -0.4 is 15.4 Å². The molecule has 0 spiro atoms. The smallest absolute Gasteiger partial charge is 0.339 e. The van der Waals surface area contributed by atoms with Gasteiger partial charge in [0, 0.05) is 0 Å². The molecule has 0 fully saturated rings. The first-order chi connectivity index (χ1) is 13.3. The van der Waals surface area contributed by atoms with Gasteiger partial charge in [-0.15, -0.1) is 0 Å². The average molecular weight is 401 g/mol. The number of benzene rings is 2. The molecule has 6 nitrogen and oxygen atoms in total. The summed E-state index contributed by atoms with van der Waals surface area (Å²) in [6.07, 6.45) is 0. The fraction of sp³-hybridized carbons (Fsp3) is 0.286. The number of para-hydroxylation sites is 1. The molecular weight excluding hydrogens is 376 g/mol. The zero-order valence-corrected chi connectivity index (χ0v) is 17.2. The Labute approximate surface area is 170 Å². The molecule has 0 atom stereocenters. The van der Waals surface area contributed by atoms with Gasteiger partial charge in [0.25, 0.3) is 5.91 Å². The SMILES string of the molecule is COC(=O)c1ccccc1NC(=S)NC(=O)COc1ccc(C(C)C)c(C)c1. The number of hydrogen-bond donors (Lipinski definition) is 2. The highest BCUT2D eigenvalue weighted by Crippen LogP contribution is 2.23. The summed E-state index contributed by atoms with van der Waals surface area (Å²) >= 11 is 5.14. The van der Waals surface area contributed by atoms with Crippen molar-refractivity contribution in [3.63, 3.8) is 0 Å². The molecule has 2 aromatic carbocycles. The lowest BCUT2D eigenvalue weighted by atomic mass is 9.98. The fourth-order valence-corrected chi connectivity index (χ4v) is 2.95. The molecule has 0 radical (unpaired) electrons. The molecule has 148 valence electrons.